The first kappa shape index (κ1) is 19.9. The Morgan fingerprint density at radius 3 is 2.46 bits per heavy atom. The van der Waals surface area contributed by atoms with E-state index in [1.807, 2.05) is 32.0 Å². The van der Waals surface area contributed by atoms with Crippen LogP contribution in [-0.4, -0.2) is 36.5 Å². The van der Waals surface area contributed by atoms with Gasteiger partial charge in [0.15, 0.2) is 0 Å². The quantitative estimate of drug-likeness (QED) is 0.642. The highest BCUT2D eigenvalue weighted by Crippen LogP contribution is 2.19. The summed E-state index contributed by atoms with van der Waals surface area (Å²) >= 11 is 0. The molecule has 0 bridgehead atoms. The maximum atomic E-state index is 12.7. The molecule has 1 heterocycles. The van der Waals surface area contributed by atoms with Gasteiger partial charge in [-0.1, -0.05) is 44.2 Å². The van der Waals surface area contributed by atoms with E-state index in [1.54, 1.807) is 12.1 Å². The highest BCUT2D eigenvalue weighted by molar-refractivity contribution is 5.88. The molecule has 7 nitrogen and oxygen atoms in total. The molecule has 4 N–H and O–H groups in total. The van der Waals surface area contributed by atoms with Gasteiger partial charge < -0.3 is 21.1 Å². The Hall–Kier alpha value is -2.41. The van der Waals surface area contributed by atoms with Gasteiger partial charge in [0.2, 0.25) is 17.7 Å². The predicted octanol–water partition coefficient (Wildman–Crippen LogP) is 1.04. The van der Waals surface area contributed by atoms with Crippen LogP contribution in [0.5, 0.6) is 0 Å². The number of nitrogens with two attached hydrogens (primary N) is 1. The maximum Gasteiger partial charge on any atom is 0.247 e. The number of benzene rings is 1. The van der Waals surface area contributed by atoms with Crippen LogP contribution in [0.3, 0.4) is 0 Å². The lowest BCUT2D eigenvalue weighted by atomic mass is 10.0. The number of carbonyl (C=O) groups is 3. The zero-order chi connectivity index (χ0) is 19.1. The van der Waals surface area contributed by atoms with Crippen molar-refractivity contribution in [2.45, 2.75) is 51.4 Å². The molecule has 0 unspecified atom stereocenters. The third-order valence-electron chi connectivity index (χ3n) is 4.22. The number of primary amides is 1. The van der Waals surface area contributed by atoms with Crippen LogP contribution in [0, 0.1) is 5.92 Å². The van der Waals surface area contributed by atoms with Crippen LogP contribution in [0.1, 0.15) is 44.7 Å². The molecule has 0 saturated carbocycles. The summed E-state index contributed by atoms with van der Waals surface area (Å²) in [6, 6.07) is 8.33. The van der Waals surface area contributed by atoms with E-state index in [-0.39, 0.29) is 30.4 Å². The van der Waals surface area contributed by atoms with E-state index in [9.17, 15) is 14.4 Å². The van der Waals surface area contributed by atoms with E-state index in [0.717, 1.165) is 0 Å². The highest BCUT2D eigenvalue weighted by Gasteiger charge is 2.30. The monoisotopic (exact) mass is 361 g/mol. The smallest absolute Gasteiger partial charge is 0.247 e. The largest absolute Gasteiger partial charge is 0.367 e. The number of rotatable bonds is 8. The Morgan fingerprint density at radius 1 is 1.19 bits per heavy atom. The maximum absolute atomic E-state index is 12.7. The second-order valence-corrected chi connectivity index (χ2v) is 6.98. The number of hydrogen-bond donors (Lipinski definition) is 3. The minimum absolute atomic E-state index is 0.171. The number of hydrogen-bond acceptors (Lipinski definition) is 4. The van der Waals surface area contributed by atoms with Crippen molar-refractivity contribution in [2.24, 2.45) is 11.7 Å². The van der Waals surface area contributed by atoms with Crippen molar-refractivity contribution in [3.63, 3.8) is 0 Å². The standard InChI is InChI=1S/C19H27N3O4/c1-12(2)10-16(23)22-17(13-6-4-3-5-7-13)19(25)21-11-14-8-9-15(26-14)18(20)24/h3-7,12,14-15,17H,8-11H2,1-2H3,(H2,20,24)(H,21,25)(H,22,23)/t14-,15+,17+/m1/s1. The van der Waals surface area contributed by atoms with Crippen molar-refractivity contribution in [1.82, 2.24) is 10.6 Å². The summed E-state index contributed by atoms with van der Waals surface area (Å²) in [5.41, 5.74) is 5.95. The molecule has 142 valence electrons. The average Bonchev–Trinajstić information content (AvgIpc) is 3.07. The molecule has 3 amide bonds. The molecule has 0 aromatic heterocycles. The zero-order valence-electron chi connectivity index (χ0n) is 15.2. The van der Waals surface area contributed by atoms with Gasteiger partial charge >= 0.3 is 0 Å². The van der Waals surface area contributed by atoms with Gasteiger partial charge in [-0.25, -0.2) is 0 Å². The van der Waals surface area contributed by atoms with Gasteiger partial charge in [0.1, 0.15) is 12.1 Å². The molecule has 26 heavy (non-hydrogen) atoms. The summed E-state index contributed by atoms with van der Waals surface area (Å²) in [5.74, 6) is -0.761. The average molecular weight is 361 g/mol. The molecule has 0 radical (unpaired) electrons. The summed E-state index contributed by atoms with van der Waals surface area (Å²) in [6.45, 7) is 4.17. The van der Waals surface area contributed by atoms with E-state index < -0.39 is 18.1 Å². The van der Waals surface area contributed by atoms with E-state index in [2.05, 4.69) is 10.6 Å². The Bertz CT molecular complexity index is 633. The van der Waals surface area contributed by atoms with E-state index in [4.69, 9.17) is 10.5 Å². The molecule has 0 spiro atoms. The summed E-state index contributed by atoms with van der Waals surface area (Å²) < 4.78 is 5.52. The van der Waals surface area contributed by atoms with Crippen LogP contribution in [0.15, 0.2) is 30.3 Å². The number of ether oxygens (including phenoxy) is 1. The van der Waals surface area contributed by atoms with Crippen molar-refractivity contribution in [1.29, 1.82) is 0 Å². The lowest BCUT2D eigenvalue weighted by Crippen LogP contribution is -2.43. The molecule has 1 aliphatic heterocycles. The molecule has 1 saturated heterocycles. The summed E-state index contributed by atoms with van der Waals surface area (Å²) in [6.07, 6.45) is 0.724. The minimum atomic E-state index is -0.768. The molecule has 7 heteroatoms. The van der Waals surface area contributed by atoms with E-state index >= 15 is 0 Å². The zero-order valence-corrected chi connectivity index (χ0v) is 15.2. The van der Waals surface area contributed by atoms with Gasteiger partial charge in [0.05, 0.1) is 6.10 Å². The van der Waals surface area contributed by atoms with Crippen LogP contribution in [0.2, 0.25) is 0 Å². The van der Waals surface area contributed by atoms with Crippen LogP contribution in [0.25, 0.3) is 0 Å². The highest BCUT2D eigenvalue weighted by atomic mass is 16.5. The molecule has 2 rings (SSSR count). The third-order valence-corrected chi connectivity index (χ3v) is 4.22. The summed E-state index contributed by atoms with van der Waals surface area (Å²) in [5, 5.41) is 5.61. The second kappa shape index (κ2) is 9.33. The van der Waals surface area contributed by atoms with Gasteiger partial charge in [-0.15, -0.1) is 0 Å². The lowest BCUT2D eigenvalue weighted by molar-refractivity contribution is -0.131. The van der Waals surface area contributed by atoms with E-state index in [0.29, 0.717) is 24.8 Å². The van der Waals surface area contributed by atoms with Gasteiger partial charge in [-0.2, -0.15) is 0 Å². The van der Waals surface area contributed by atoms with Crippen molar-refractivity contribution >= 4 is 17.7 Å². The van der Waals surface area contributed by atoms with Crippen LogP contribution < -0.4 is 16.4 Å². The van der Waals surface area contributed by atoms with Gasteiger partial charge in [0.25, 0.3) is 0 Å². The Balaban J connectivity index is 1.97. The first-order chi connectivity index (χ1) is 12.4. The molecule has 1 aromatic rings. The van der Waals surface area contributed by atoms with E-state index in [1.165, 1.54) is 0 Å². The SMILES string of the molecule is CC(C)CC(=O)N[C@H](C(=O)NC[C@H]1CC[C@@H](C(N)=O)O1)c1ccccc1. The molecule has 3 atom stereocenters. The van der Waals surface area contributed by atoms with Crippen molar-refractivity contribution < 1.29 is 19.1 Å². The van der Waals surface area contributed by atoms with Crippen molar-refractivity contribution in [2.75, 3.05) is 6.54 Å². The number of nitrogens with one attached hydrogen (secondary N) is 2. The summed E-state index contributed by atoms with van der Waals surface area (Å²) in [7, 11) is 0. The Kier molecular flexibility index (Phi) is 7.15. The fourth-order valence-corrected chi connectivity index (χ4v) is 2.92. The second-order valence-electron chi connectivity index (χ2n) is 6.98. The lowest BCUT2D eigenvalue weighted by Gasteiger charge is -2.21. The van der Waals surface area contributed by atoms with Crippen molar-refractivity contribution in [3.05, 3.63) is 35.9 Å². The van der Waals surface area contributed by atoms with Crippen molar-refractivity contribution in [3.8, 4) is 0 Å². The van der Waals surface area contributed by atoms with Crippen LogP contribution in [0.4, 0.5) is 0 Å². The third kappa shape index (κ3) is 5.84. The van der Waals surface area contributed by atoms with Gasteiger partial charge in [0, 0.05) is 13.0 Å². The molecular weight excluding hydrogens is 334 g/mol. The number of carbonyl (C=O) groups excluding carboxylic acids is 3. The molecule has 1 fully saturated rings. The molecular formula is C19H27N3O4. The summed E-state index contributed by atoms with van der Waals surface area (Å²) in [4.78, 5) is 36.0. The van der Waals surface area contributed by atoms with Gasteiger partial charge in [-0.3, -0.25) is 14.4 Å². The van der Waals surface area contributed by atoms with Crippen LogP contribution in [-0.2, 0) is 19.1 Å². The minimum Gasteiger partial charge on any atom is -0.367 e. The molecule has 1 aliphatic rings. The molecule has 1 aromatic carbocycles. The Labute approximate surface area is 153 Å². The molecule has 0 aliphatic carbocycles. The first-order valence-corrected chi connectivity index (χ1v) is 8.93. The first-order valence-electron chi connectivity index (χ1n) is 8.93. The number of amides is 3. The van der Waals surface area contributed by atoms with Gasteiger partial charge in [-0.05, 0) is 24.3 Å². The fraction of sp³-hybridized carbons (Fsp3) is 0.526. The fourth-order valence-electron chi connectivity index (χ4n) is 2.92. The normalized spacial score (nSPS) is 20.6. The topological polar surface area (TPSA) is 111 Å². The predicted molar refractivity (Wildman–Crippen MR) is 96.9 cm³/mol. The van der Waals surface area contributed by atoms with Crippen LogP contribution >= 0.6 is 0 Å². The Morgan fingerprint density at radius 2 is 1.88 bits per heavy atom.